The van der Waals surface area contributed by atoms with Crippen LogP contribution in [0.1, 0.15) is 0 Å². The molecule has 0 bridgehead atoms. The van der Waals surface area contributed by atoms with Crippen LogP contribution in [0.3, 0.4) is 0 Å². The third-order valence-corrected chi connectivity index (χ3v) is 1.90. The van der Waals surface area contributed by atoms with Gasteiger partial charge < -0.3 is 21.1 Å². The van der Waals surface area contributed by atoms with E-state index < -0.39 is 5.97 Å². The molecule has 5 heteroatoms. The Morgan fingerprint density at radius 2 is 2.33 bits per heavy atom. The highest BCUT2D eigenvalue weighted by Gasteiger charge is 2.23. The van der Waals surface area contributed by atoms with Gasteiger partial charge in [-0.25, -0.2) is 4.79 Å². The Kier molecular flexibility index (Phi) is 1.43. The number of carboxylic acids is 1. The minimum absolute atomic E-state index is 0.378. The minimum Gasteiger partial charge on any atom is -0.478 e. The van der Waals surface area contributed by atoms with E-state index in [4.69, 9.17) is 5.11 Å². The first-order valence-electron chi connectivity index (χ1n) is 3.67. The lowest BCUT2D eigenvalue weighted by atomic mass is 10.1. The van der Waals surface area contributed by atoms with Crippen LogP contribution in [0.2, 0.25) is 0 Å². The van der Waals surface area contributed by atoms with Gasteiger partial charge in [0, 0.05) is 12.7 Å². The fourth-order valence-electron chi connectivity index (χ4n) is 1.33. The summed E-state index contributed by atoms with van der Waals surface area (Å²) in [6.07, 6.45) is 1.78. The summed E-state index contributed by atoms with van der Waals surface area (Å²) < 4.78 is 0. The van der Waals surface area contributed by atoms with Gasteiger partial charge in [0.2, 0.25) is 0 Å². The number of fused-ring (bicyclic) bond motifs is 1. The number of nitrogens with one attached hydrogen (secondary N) is 3. The van der Waals surface area contributed by atoms with E-state index >= 15 is 0 Å². The van der Waals surface area contributed by atoms with Gasteiger partial charge in [-0.2, -0.15) is 0 Å². The molecule has 4 N–H and O–H groups in total. The second-order valence-electron chi connectivity index (χ2n) is 2.63. The molecule has 0 aromatic rings. The number of aliphatic carboxylic acids is 1. The molecule has 0 aromatic carbocycles. The summed E-state index contributed by atoms with van der Waals surface area (Å²) in [5.74, 6) is -0.876. The molecule has 12 heavy (non-hydrogen) atoms. The van der Waals surface area contributed by atoms with Gasteiger partial charge in [0.15, 0.2) is 0 Å². The third kappa shape index (κ3) is 0.903. The first-order valence-corrected chi connectivity index (χ1v) is 3.67. The average molecular weight is 167 g/mol. The maximum absolute atomic E-state index is 10.7. The number of hydrogen-bond acceptors (Lipinski definition) is 4. The highest BCUT2D eigenvalue weighted by molar-refractivity contribution is 5.89. The van der Waals surface area contributed by atoms with Gasteiger partial charge in [-0.3, -0.25) is 0 Å². The molecular weight excluding hydrogens is 158 g/mol. The van der Waals surface area contributed by atoms with Crippen LogP contribution >= 0.6 is 0 Å². The molecule has 0 aromatic heterocycles. The molecule has 5 nitrogen and oxygen atoms in total. The maximum atomic E-state index is 10.7. The molecule has 1 fully saturated rings. The van der Waals surface area contributed by atoms with E-state index in [1.165, 1.54) is 0 Å². The van der Waals surface area contributed by atoms with Crippen molar-refractivity contribution in [1.82, 2.24) is 16.0 Å². The molecule has 2 rings (SSSR count). The molecular formula is C7H9N3O2. The molecule has 2 aliphatic heterocycles. The number of carbonyl (C=O) groups is 1. The highest BCUT2D eigenvalue weighted by atomic mass is 16.4. The van der Waals surface area contributed by atoms with E-state index in [1.807, 2.05) is 0 Å². The Balaban J connectivity index is 2.41. The van der Waals surface area contributed by atoms with Gasteiger partial charge >= 0.3 is 5.97 Å². The van der Waals surface area contributed by atoms with Crippen LogP contribution in [0.15, 0.2) is 23.2 Å². The molecule has 1 saturated heterocycles. The molecule has 0 unspecified atom stereocenters. The molecule has 2 heterocycles. The molecule has 2 aliphatic rings. The zero-order valence-corrected chi connectivity index (χ0v) is 6.35. The summed E-state index contributed by atoms with van der Waals surface area (Å²) in [5, 5.41) is 17.7. The molecule has 0 amide bonds. The van der Waals surface area contributed by atoms with Gasteiger partial charge in [0.05, 0.1) is 23.6 Å². The topological polar surface area (TPSA) is 73.4 Å². The van der Waals surface area contributed by atoms with E-state index in [-0.39, 0.29) is 0 Å². The molecule has 0 aliphatic carbocycles. The van der Waals surface area contributed by atoms with Crippen molar-refractivity contribution in [3.05, 3.63) is 23.2 Å². The van der Waals surface area contributed by atoms with Crippen molar-refractivity contribution in [3.8, 4) is 0 Å². The van der Waals surface area contributed by atoms with Crippen LogP contribution in [0.25, 0.3) is 0 Å². The zero-order valence-electron chi connectivity index (χ0n) is 6.35. The summed E-state index contributed by atoms with van der Waals surface area (Å²) in [5.41, 5.74) is 1.93. The van der Waals surface area contributed by atoms with Crippen LogP contribution in [-0.4, -0.2) is 24.3 Å². The number of hydrogen-bond donors (Lipinski definition) is 4. The second-order valence-corrected chi connectivity index (χ2v) is 2.63. The second kappa shape index (κ2) is 2.44. The first-order chi connectivity index (χ1) is 5.79. The molecule has 64 valence electrons. The van der Waals surface area contributed by atoms with Gasteiger partial charge in [-0.05, 0) is 0 Å². The standard InChI is InChI=1S/C7H9N3O2/c11-7(12)4-1-8-2-5-6(4)10-3-9-5/h2,8-10H,1,3H2,(H,11,12). The lowest BCUT2D eigenvalue weighted by Crippen LogP contribution is -2.25. The van der Waals surface area contributed by atoms with Crippen molar-refractivity contribution < 1.29 is 9.90 Å². The molecule has 0 saturated carbocycles. The smallest absolute Gasteiger partial charge is 0.335 e. The van der Waals surface area contributed by atoms with Gasteiger partial charge in [0.1, 0.15) is 0 Å². The number of carboxylic acid groups (broad SMARTS) is 1. The van der Waals surface area contributed by atoms with Crippen molar-refractivity contribution in [1.29, 1.82) is 0 Å². The minimum atomic E-state index is -0.876. The van der Waals surface area contributed by atoms with Crippen molar-refractivity contribution in [2.45, 2.75) is 0 Å². The van der Waals surface area contributed by atoms with Crippen LogP contribution in [-0.2, 0) is 4.79 Å². The lowest BCUT2D eigenvalue weighted by molar-refractivity contribution is -0.132. The Morgan fingerprint density at radius 3 is 3.08 bits per heavy atom. The summed E-state index contributed by atoms with van der Waals surface area (Å²) in [6, 6.07) is 0. The summed E-state index contributed by atoms with van der Waals surface area (Å²) >= 11 is 0. The first kappa shape index (κ1) is 7.02. The molecule has 0 spiro atoms. The molecule has 0 radical (unpaired) electrons. The summed E-state index contributed by atoms with van der Waals surface area (Å²) in [6.45, 7) is 0.975. The van der Waals surface area contributed by atoms with Crippen LogP contribution in [0.5, 0.6) is 0 Å². The maximum Gasteiger partial charge on any atom is 0.335 e. The number of dihydropyridines is 1. The Labute approximate surface area is 69.1 Å². The molecule has 0 atom stereocenters. The van der Waals surface area contributed by atoms with Crippen molar-refractivity contribution >= 4 is 5.97 Å². The summed E-state index contributed by atoms with van der Waals surface area (Å²) in [4.78, 5) is 10.7. The van der Waals surface area contributed by atoms with Crippen LogP contribution < -0.4 is 16.0 Å². The quantitative estimate of drug-likeness (QED) is 0.400. The highest BCUT2D eigenvalue weighted by Crippen LogP contribution is 2.16. The van der Waals surface area contributed by atoms with E-state index in [0.29, 0.717) is 24.5 Å². The van der Waals surface area contributed by atoms with E-state index in [2.05, 4.69) is 16.0 Å². The van der Waals surface area contributed by atoms with E-state index in [1.54, 1.807) is 6.20 Å². The fourth-order valence-corrected chi connectivity index (χ4v) is 1.33. The average Bonchev–Trinajstić information content (AvgIpc) is 2.49. The predicted octanol–water partition coefficient (Wildman–Crippen LogP) is -1.08. The van der Waals surface area contributed by atoms with Gasteiger partial charge in [-0.15, -0.1) is 0 Å². The third-order valence-electron chi connectivity index (χ3n) is 1.90. The van der Waals surface area contributed by atoms with Crippen molar-refractivity contribution in [3.63, 3.8) is 0 Å². The lowest BCUT2D eigenvalue weighted by Gasteiger charge is -2.13. The predicted molar refractivity (Wildman–Crippen MR) is 41.9 cm³/mol. The van der Waals surface area contributed by atoms with Crippen molar-refractivity contribution in [2.75, 3.05) is 13.2 Å². The number of rotatable bonds is 1. The normalized spacial score (nSPS) is 20.2. The monoisotopic (exact) mass is 167 g/mol. The summed E-state index contributed by atoms with van der Waals surface area (Å²) in [7, 11) is 0. The zero-order chi connectivity index (χ0) is 8.55. The fraction of sp³-hybridized carbons (Fsp3) is 0.286. The Hall–Kier alpha value is -1.65. The largest absolute Gasteiger partial charge is 0.478 e. The SMILES string of the molecule is O=C(O)C1=C2NCNC2=CNC1. The van der Waals surface area contributed by atoms with E-state index in [9.17, 15) is 4.79 Å². The van der Waals surface area contributed by atoms with Crippen LogP contribution in [0, 0.1) is 0 Å². The van der Waals surface area contributed by atoms with Gasteiger partial charge in [-0.1, -0.05) is 0 Å². The Morgan fingerprint density at radius 1 is 1.50 bits per heavy atom. The van der Waals surface area contributed by atoms with Crippen LogP contribution in [0.4, 0.5) is 0 Å². The van der Waals surface area contributed by atoms with Gasteiger partial charge in [0.25, 0.3) is 0 Å². The Bertz CT molecular complexity index is 289. The van der Waals surface area contributed by atoms with Crippen molar-refractivity contribution in [2.24, 2.45) is 0 Å². The van der Waals surface area contributed by atoms with E-state index in [0.717, 1.165) is 5.70 Å².